The van der Waals surface area contributed by atoms with Crippen molar-refractivity contribution in [2.45, 2.75) is 38.3 Å². The molecule has 1 saturated heterocycles. The Balaban J connectivity index is 2.46. The highest BCUT2D eigenvalue weighted by molar-refractivity contribution is 5.86. The molecular formula is C12H22N2O5. The molecule has 1 atom stereocenters. The third kappa shape index (κ3) is 4.68. The first kappa shape index (κ1) is 15.7. The van der Waals surface area contributed by atoms with Gasteiger partial charge in [0.2, 0.25) is 0 Å². The minimum absolute atomic E-state index is 0.105. The lowest BCUT2D eigenvalue weighted by Crippen LogP contribution is -2.60. The summed E-state index contributed by atoms with van der Waals surface area (Å²) in [6.45, 7) is 5.29. The van der Waals surface area contributed by atoms with Gasteiger partial charge >= 0.3 is 12.0 Å². The van der Waals surface area contributed by atoms with E-state index in [1.54, 1.807) is 0 Å². The molecule has 19 heavy (non-hydrogen) atoms. The van der Waals surface area contributed by atoms with Crippen LogP contribution in [0.5, 0.6) is 0 Å². The molecule has 110 valence electrons. The Morgan fingerprint density at radius 1 is 1.42 bits per heavy atom. The van der Waals surface area contributed by atoms with Gasteiger partial charge in [0.05, 0.1) is 6.10 Å². The molecule has 1 heterocycles. The molecule has 0 bridgehead atoms. The summed E-state index contributed by atoms with van der Waals surface area (Å²) >= 11 is 0. The number of rotatable bonds is 6. The average Bonchev–Trinajstić information content (AvgIpc) is 2.38. The van der Waals surface area contributed by atoms with E-state index in [9.17, 15) is 14.7 Å². The van der Waals surface area contributed by atoms with Crippen molar-refractivity contribution in [2.24, 2.45) is 0 Å². The van der Waals surface area contributed by atoms with Crippen LogP contribution in [0.1, 0.15) is 26.7 Å². The van der Waals surface area contributed by atoms with Crippen molar-refractivity contribution in [1.82, 2.24) is 10.6 Å². The smallest absolute Gasteiger partial charge is 0.329 e. The first-order valence-corrected chi connectivity index (χ1v) is 6.49. The minimum Gasteiger partial charge on any atom is -0.480 e. The quantitative estimate of drug-likeness (QED) is 0.649. The van der Waals surface area contributed by atoms with E-state index in [4.69, 9.17) is 9.47 Å². The normalized spacial score (nSPS) is 19.5. The summed E-state index contributed by atoms with van der Waals surface area (Å²) in [6, 6.07) is -0.490. The molecule has 0 aromatic carbocycles. The number of aliphatic carboxylic acids is 1. The summed E-state index contributed by atoms with van der Waals surface area (Å²) in [5, 5.41) is 14.4. The molecule has 0 radical (unpaired) electrons. The number of hydrogen-bond acceptors (Lipinski definition) is 4. The van der Waals surface area contributed by atoms with Crippen LogP contribution >= 0.6 is 0 Å². The molecule has 7 nitrogen and oxygen atoms in total. The summed E-state index contributed by atoms with van der Waals surface area (Å²) in [5.74, 6) is -1.02. The summed E-state index contributed by atoms with van der Waals surface area (Å²) < 4.78 is 10.4. The fourth-order valence-electron chi connectivity index (χ4n) is 1.95. The van der Waals surface area contributed by atoms with Gasteiger partial charge in [0, 0.05) is 39.2 Å². The number of urea groups is 1. The Kier molecular flexibility index (Phi) is 6.04. The largest absolute Gasteiger partial charge is 0.480 e. The van der Waals surface area contributed by atoms with Crippen molar-refractivity contribution in [3.63, 3.8) is 0 Å². The van der Waals surface area contributed by atoms with Gasteiger partial charge in [-0.1, -0.05) is 0 Å². The predicted octanol–water partition coefficient (Wildman–Crippen LogP) is 0.344. The van der Waals surface area contributed by atoms with Crippen molar-refractivity contribution in [1.29, 1.82) is 0 Å². The maximum Gasteiger partial charge on any atom is 0.329 e. The SMILES string of the molecule is CCOC(C)CNC(=O)NC1(C(=O)O)CCOCC1. The number of amides is 2. The maximum atomic E-state index is 11.7. The fourth-order valence-corrected chi connectivity index (χ4v) is 1.95. The van der Waals surface area contributed by atoms with E-state index in [2.05, 4.69) is 10.6 Å². The van der Waals surface area contributed by atoms with Gasteiger partial charge in [-0.05, 0) is 13.8 Å². The average molecular weight is 274 g/mol. The van der Waals surface area contributed by atoms with Gasteiger partial charge in [0.15, 0.2) is 0 Å². The van der Waals surface area contributed by atoms with Crippen molar-refractivity contribution < 1.29 is 24.2 Å². The summed E-state index contributed by atoms with van der Waals surface area (Å²) in [4.78, 5) is 23.1. The highest BCUT2D eigenvalue weighted by atomic mass is 16.5. The molecule has 0 aromatic rings. The standard InChI is InChI=1S/C12H22N2O5/c1-3-19-9(2)8-13-11(17)14-12(10(15)16)4-6-18-7-5-12/h9H,3-8H2,1-2H3,(H,15,16)(H2,13,14,17). The van der Waals surface area contributed by atoms with E-state index in [-0.39, 0.29) is 18.9 Å². The number of carbonyl (C=O) groups is 2. The van der Waals surface area contributed by atoms with Crippen LogP contribution in [0.2, 0.25) is 0 Å². The number of carboxylic acids is 1. The Labute approximate surface area is 112 Å². The zero-order chi connectivity index (χ0) is 14.3. The molecule has 1 unspecified atom stereocenters. The molecule has 1 rings (SSSR count). The first-order valence-electron chi connectivity index (χ1n) is 6.49. The van der Waals surface area contributed by atoms with Crippen LogP contribution < -0.4 is 10.6 Å². The third-order valence-corrected chi connectivity index (χ3v) is 3.11. The van der Waals surface area contributed by atoms with E-state index < -0.39 is 17.5 Å². The number of nitrogens with one attached hydrogen (secondary N) is 2. The molecule has 0 saturated carbocycles. The number of carbonyl (C=O) groups excluding carboxylic acids is 1. The first-order chi connectivity index (χ1) is 9.00. The topological polar surface area (TPSA) is 96.9 Å². The van der Waals surface area contributed by atoms with E-state index in [1.165, 1.54) is 0 Å². The van der Waals surface area contributed by atoms with Gasteiger partial charge in [-0.15, -0.1) is 0 Å². The van der Waals surface area contributed by atoms with Crippen molar-refractivity contribution in [2.75, 3.05) is 26.4 Å². The lowest BCUT2D eigenvalue weighted by atomic mass is 9.90. The molecule has 3 N–H and O–H groups in total. The third-order valence-electron chi connectivity index (χ3n) is 3.11. The van der Waals surface area contributed by atoms with Gasteiger partial charge in [-0.25, -0.2) is 9.59 Å². The molecular weight excluding hydrogens is 252 g/mol. The predicted molar refractivity (Wildman–Crippen MR) is 68.0 cm³/mol. The number of ether oxygens (including phenoxy) is 2. The summed E-state index contributed by atoms with van der Waals surface area (Å²) in [6.07, 6.45) is 0.444. The second-order valence-electron chi connectivity index (χ2n) is 4.60. The van der Waals surface area contributed by atoms with Crippen LogP contribution in [0.4, 0.5) is 4.79 Å². The van der Waals surface area contributed by atoms with E-state index in [0.29, 0.717) is 26.4 Å². The maximum absolute atomic E-state index is 11.7. The van der Waals surface area contributed by atoms with Crippen molar-refractivity contribution in [3.05, 3.63) is 0 Å². The van der Waals surface area contributed by atoms with E-state index in [0.717, 1.165) is 0 Å². The van der Waals surface area contributed by atoms with Crippen LogP contribution in [0.3, 0.4) is 0 Å². The van der Waals surface area contributed by atoms with E-state index >= 15 is 0 Å². The molecule has 1 fully saturated rings. The Bertz CT molecular complexity index is 315. The molecule has 0 aromatic heterocycles. The molecule has 7 heteroatoms. The van der Waals surface area contributed by atoms with Crippen LogP contribution in [-0.4, -0.2) is 55.1 Å². The van der Waals surface area contributed by atoms with E-state index in [1.807, 2.05) is 13.8 Å². The fraction of sp³-hybridized carbons (Fsp3) is 0.833. The second kappa shape index (κ2) is 7.30. The summed E-state index contributed by atoms with van der Waals surface area (Å²) in [5.41, 5.74) is -1.23. The monoisotopic (exact) mass is 274 g/mol. The van der Waals surface area contributed by atoms with Crippen LogP contribution in [0.25, 0.3) is 0 Å². The zero-order valence-corrected chi connectivity index (χ0v) is 11.4. The molecule has 2 amide bonds. The number of hydrogen-bond donors (Lipinski definition) is 3. The van der Waals surface area contributed by atoms with Gasteiger partial charge in [-0.3, -0.25) is 0 Å². The van der Waals surface area contributed by atoms with Gasteiger partial charge < -0.3 is 25.2 Å². The Hall–Kier alpha value is -1.34. The minimum atomic E-state index is -1.23. The molecule has 0 aliphatic carbocycles. The lowest BCUT2D eigenvalue weighted by Gasteiger charge is -2.33. The summed E-state index contributed by atoms with van der Waals surface area (Å²) in [7, 11) is 0. The van der Waals surface area contributed by atoms with Crippen molar-refractivity contribution >= 4 is 12.0 Å². The highest BCUT2D eigenvalue weighted by Crippen LogP contribution is 2.20. The molecule has 0 spiro atoms. The van der Waals surface area contributed by atoms with Crippen LogP contribution in [-0.2, 0) is 14.3 Å². The molecule has 1 aliphatic rings. The lowest BCUT2D eigenvalue weighted by molar-refractivity contribution is -0.148. The Morgan fingerprint density at radius 3 is 2.58 bits per heavy atom. The number of carboxylic acid groups (broad SMARTS) is 1. The van der Waals surface area contributed by atoms with Crippen LogP contribution in [0, 0.1) is 0 Å². The molecule has 1 aliphatic heterocycles. The Morgan fingerprint density at radius 2 is 2.05 bits per heavy atom. The zero-order valence-electron chi connectivity index (χ0n) is 11.4. The van der Waals surface area contributed by atoms with Gasteiger partial charge in [-0.2, -0.15) is 0 Å². The van der Waals surface area contributed by atoms with Gasteiger partial charge in [0.1, 0.15) is 5.54 Å². The van der Waals surface area contributed by atoms with Crippen molar-refractivity contribution in [3.8, 4) is 0 Å². The van der Waals surface area contributed by atoms with Crippen LogP contribution in [0.15, 0.2) is 0 Å². The van der Waals surface area contributed by atoms with Gasteiger partial charge in [0.25, 0.3) is 0 Å². The highest BCUT2D eigenvalue weighted by Gasteiger charge is 2.41. The second-order valence-corrected chi connectivity index (χ2v) is 4.60.